The molecule has 6 heteroatoms. The van der Waals surface area contributed by atoms with Crippen LogP contribution in [-0.4, -0.2) is 49.7 Å². The van der Waals surface area contributed by atoms with Crippen molar-refractivity contribution in [1.29, 1.82) is 5.41 Å². The lowest BCUT2D eigenvalue weighted by atomic mass is 9.98. The summed E-state index contributed by atoms with van der Waals surface area (Å²) in [6.45, 7) is 5.79. The van der Waals surface area contributed by atoms with Crippen molar-refractivity contribution in [3.8, 4) is 22.6 Å². The Morgan fingerprint density at radius 1 is 0.971 bits per heavy atom. The summed E-state index contributed by atoms with van der Waals surface area (Å²) in [7, 11) is 3.96. The number of benzene rings is 3. The van der Waals surface area contributed by atoms with Gasteiger partial charge in [-0.1, -0.05) is 24.3 Å². The third-order valence-corrected chi connectivity index (χ3v) is 6.59. The van der Waals surface area contributed by atoms with Gasteiger partial charge in [-0.25, -0.2) is 0 Å². The molecule has 6 nitrogen and oxygen atoms in total. The van der Waals surface area contributed by atoms with Gasteiger partial charge in [0.25, 0.3) is 5.91 Å². The Bertz CT molecular complexity index is 1230. The number of amides is 1. The summed E-state index contributed by atoms with van der Waals surface area (Å²) in [6.07, 6.45) is 1.98. The van der Waals surface area contributed by atoms with Crippen LogP contribution in [0.5, 0.6) is 11.5 Å². The molecule has 0 aromatic heterocycles. The van der Waals surface area contributed by atoms with E-state index < -0.39 is 0 Å². The van der Waals surface area contributed by atoms with E-state index in [0.29, 0.717) is 11.5 Å². The van der Waals surface area contributed by atoms with Crippen molar-refractivity contribution >= 4 is 17.3 Å². The Morgan fingerprint density at radius 2 is 1.66 bits per heavy atom. The maximum atomic E-state index is 12.9. The number of nitrogens with one attached hydrogen (secondary N) is 3. The molecule has 1 amide bonds. The Morgan fingerprint density at radius 3 is 2.34 bits per heavy atom. The molecule has 1 aliphatic rings. The van der Waals surface area contributed by atoms with Crippen LogP contribution in [0.3, 0.4) is 0 Å². The van der Waals surface area contributed by atoms with E-state index >= 15 is 0 Å². The number of hydrogen-bond donors (Lipinski definition) is 3. The maximum Gasteiger partial charge on any atom is 0.251 e. The molecule has 0 radical (unpaired) electrons. The van der Waals surface area contributed by atoms with Crippen LogP contribution < -0.4 is 15.4 Å². The van der Waals surface area contributed by atoms with Crippen molar-refractivity contribution in [2.75, 3.05) is 32.5 Å². The summed E-state index contributed by atoms with van der Waals surface area (Å²) in [5, 5.41) is 14.3. The number of likely N-dealkylation sites (tertiary alicyclic amines) is 1. The number of aryl methyl sites for hydroxylation is 1. The fourth-order valence-corrected chi connectivity index (χ4v) is 4.51. The lowest BCUT2D eigenvalue weighted by Gasteiger charge is -2.29. The number of hydrogen-bond acceptors (Lipinski definition) is 5. The van der Waals surface area contributed by atoms with Crippen LogP contribution in [-0.2, 0) is 0 Å². The second-order valence-electron chi connectivity index (χ2n) is 9.29. The largest absolute Gasteiger partial charge is 0.457 e. The molecule has 0 bridgehead atoms. The van der Waals surface area contributed by atoms with E-state index in [1.54, 1.807) is 6.92 Å². The number of carbonyl (C=O) groups is 1. The van der Waals surface area contributed by atoms with E-state index in [2.05, 4.69) is 28.6 Å². The third-order valence-electron chi connectivity index (χ3n) is 6.59. The maximum absolute atomic E-state index is 12.9. The van der Waals surface area contributed by atoms with Crippen LogP contribution in [0.15, 0.2) is 60.7 Å². The molecule has 0 unspecified atom stereocenters. The quantitative estimate of drug-likeness (QED) is 0.387. The summed E-state index contributed by atoms with van der Waals surface area (Å²) < 4.78 is 6.12. The van der Waals surface area contributed by atoms with E-state index in [9.17, 15) is 4.79 Å². The van der Waals surface area contributed by atoms with Gasteiger partial charge < -0.3 is 25.7 Å². The molecule has 3 N–H and O–H groups in total. The van der Waals surface area contributed by atoms with Gasteiger partial charge >= 0.3 is 0 Å². The second kappa shape index (κ2) is 10.7. The normalized spacial score (nSPS) is 14.4. The molecule has 1 heterocycles. The van der Waals surface area contributed by atoms with Gasteiger partial charge in [-0.05, 0) is 93.8 Å². The van der Waals surface area contributed by atoms with Gasteiger partial charge in [0.05, 0.1) is 0 Å². The first kappa shape index (κ1) is 24.5. The number of anilines is 1. The summed E-state index contributed by atoms with van der Waals surface area (Å²) in [4.78, 5) is 15.2. The van der Waals surface area contributed by atoms with Gasteiger partial charge in [0.2, 0.25) is 0 Å². The van der Waals surface area contributed by atoms with Gasteiger partial charge in [-0.2, -0.15) is 0 Å². The van der Waals surface area contributed by atoms with E-state index in [-0.39, 0.29) is 11.9 Å². The molecule has 0 saturated carbocycles. The molecule has 1 aliphatic heterocycles. The number of piperidine rings is 1. The lowest BCUT2D eigenvalue weighted by Crippen LogP contribution is -2.43. The first-order chi connectivity index (χ1) is 16.8. The molecule has 182 valence electrons. The fraction of sp³-hybridized carbons (Fsp3) is 0.310. The number of ether oxygens (including phenoxy) is 1. The molecular weight excluding hydrogens is 436 g/mol. The SMILES string of the molecule is CNc1cc(Oc2cccc(-c3ccc(C(=O)NC4CCN(C)CC4)c(C)c3)c2)ccc1C(C)=N. The highest BCUT2D eigenvalue weighted by Gasteiger charge is 2.20. The summed E-state index contributed by atoms with van der Waals surface area (Å²) in [6, 6.07) is 19.8. The highest BCUT2D eigenvalue weighted by atomic mass is 16.5. The first-order valence-corrected chi connectivity index (χ1v) is 12.1. The average Bonchev–Trinajstić information content (AvgIpc) is 2.85. The molecule has 35 heavy (non-hydrogen) atoms. The van der Waals surface area contributed by atoms with Crippen LogP contribution >= 0.6 is 0 Å². The van der Waals surface area contributed by atoms with Crippen LogP contribution in [0.25, 0.3) is 11.1 Å². The Labute approximate surface area is 207 Å². The molecule has 0 spiro atoms. The minimum atomic E-state index is 0.00429. The summed E-state index contributed by atoms with van der Waals surface area (Å²) in [5.74, 6) is 1.43. The predicted molar refractivity (Wildman–Crippen MR) is 143 cm³/mol. The zero-order chi connectivity index (χ0) is 24.9. The summed E-state index contributed by atoms with van der Waals surface area (Å²) in [5.41, 5.74) is 5.95. The highest BCUT2D eigenvalue weighted by molar-refractivity contribution is 6.01. The molecule has 0 aliphatic carbocycles. The van der Waals surface area contributed by atoms with E-state index in [1.165, 1.54) is 0 Å². The number of nitrogens with zero attached hydrogens (tertiary/aromatic N) is 1. The zero-order valence-electron chi connectivity index (χ0n) is 20.9. The third kappa shape index (κ3) is 5.89. The van der Waals surface area contributed by atoms with Crippen molar-refractivity contribution < 1.29 is 9.53 Å². The van der Waals surface area contributed by atoms with E-state index in [0.717, 1.165) is 65.2 Å². The van der Waals surface area contributed by atoms with Gasteiger partial charge in [0, 0.05) is 41.7 Å². The summed E-state index contributed by atoms with van der Waals surface area (Å²) >= 11 is 0. The van der Waals surface area contributed by atoms with Gasteiger partial charge in [-0.3, -0.25) is 4.79 Å². The molecular formula is C29H34N4O2. The zero-order valence-corrected chi connectivity index (χ0v) is 20.9. The first-order valence-electron chi connectivity index (χ1n) is 12.1. The van der Waals surface area contributed by atoms with Gasteiger partial charge in [0.1, 0.15) is 11.5 Å². The fourth-order valence-electron chi connectivity index (χ4n) is 4.51. The van der Waals surface area contributed by atoms with E-state index in [1.807, 2.05) is 68.6 Å². The molecule has 4 rings (SSSR count). The van der Waals surface area contributed by atoms with Crippen molar-refractivity contribution in [3.63, 3.8) is 0 Å². The predicted octanol–water partition coefficient (Wildman–Crippen LogP) is 5.71. The Hall–Kier alpha value is -3.64. The van der Waals surface area contributed by atoms with Crippen LogP contribution in [0, 0.1) is 12.3 Å². The highest BCUT2D eigenvalue weighted by Crippen LogP contribution is 2.31. The van der Waals surface area contributed by atoms with Gasteiger partial charge in [-0.15, -0.1) is 0 Å². The monoisotopic (exact) mass is 470 g/mol. The molecule has 1 fully saturated rings. The Balaban J connectivity index is 1.49. The second-order valence-corrected chi connectivity index (χ2v) is 9.29. The minimum absolute atomic E-state index is 0.00429. The van der Waals surface area contributed by atoms with E-state index in [4.69, 9.17) is 10.1 Å². The molecule has 3 aromatic rings. The smallest absolute Gasteiger partial charge is 0.251 e. The Kier molecular flexibility index (Phi) is 7.51. The lowest BCUT2D eigenvalue weighted by molar-refractivity contribution is 0.0916. The van der Waals surface area contributed by atoms with Crippen molar-refractivity contribution in [1.82, 2.24) is 10.2 Å². The molecule has 3 aromatic carbocycles. The molecule has 0 atom stereocenters. The number of rotatable bonds is 7. The standard InChI is InChI=1S/C29H34N4O2/c1-19-16-22(8-10-26(19)29(34)32-23-12-14-33(4)15-13-23)21-6-5-7-24(17-21)35-25-9-11-27(20(2)30)28(18-25)31-3/h5-11,16-18,23,30-31H,12-15H2,1-4H3,(H,32,34). The number of carbonyl (C=O) groups excluding carboxylic acids is 1. The van der Waals surface area contributed by atoms with Crippen LogP contribution in [0.1, 0.15) is 41.3 Å². The van der Waals surface area contributed by atoms with Gasteiger partial charge in [0.15, 0.2) is 0 Å². The van der Waals surface area contributed by atoms with Crippen LogP contribution in [0.4, 0.5) is 5.69 Å². The minimum Gasteiger partial charge on any atom is -0.457 e. The molecule has 1 saturated heterocycles. The van der Waals surface area contributed by atoms with Crippen molar-refractivity contribution in [3.05, 3.63) is 77.4 Å². The van der Waals surface area contributed by atoms with Crippen LogP contribution in [0.2, 0.25) is 0 Å². The van der Waals surface area contributed by atoms with Crippen molar-refractivity contribution in [2.45, 2.75) is 32.7 Å². The van der Waals surface area contributed by atoms with Crippen molar-refractivity contribution in [2.24, 2.45) is 0 Å². The topological polar surface area (TPSA) is 77.5 Å². The average molecular weight is 471 g/mol.